The van der Waals surface area contributed by atoms with Gasteiger partial charge in [0.25, 0.3) is 0 Å². The van der Waals surface area contributed by atoms with Crippen molar-refractivity contribution in [3.63, 3.8) is 0 Å². The smallest absolute Gasteiger partial charge is 0.201 e. The van der Waals surface area contributed by atoms with Crippen LogP contribution in [0.4, 0.5) is 5.69 Å². The number of rotatable bonds is 1. The van der Waals surface area contributed by atoms with Crippen LogP contribution in [-0.4, -0.2) is 15.4 Å². The molecule has 0 atom stereocenters. The molecule has 3 rings (SSSR count). The summed E-state index contributed by atoms with van der Waals surface area (Å²) in [7, 11) is 0. The van der Waals surface area contributed by atoms with Crippen LogP contribution in [-0.2, 0) is 0 Å². The molecule has 0 aliphatic rings. The van der Waals surface area contributed by atoms with Crippen molar-refractivity contribution < 1.29 is 4.52 Å². The lowest BCUT2D eigenvalue weighted by Gasteiger charge is -1.93. The molecule has 5 nitrogen and oxygen atoms in total. The number of thiophene rings is 1. The second-order valence-corrected chi connectivity index (χ2v) is 5.05. The first-order valence-corrected chi connectivity index (χ1v) is 5.93. The standard InChI is InChI=1S/C11H10N4OS/c1-5-3-4-7(14-13-5)9-11-10(16-15-9)8(12)6(2)17-11/h3-4H,12H2,1-2H3. The SMILES string of the molecule is Cc1ccc(-c2noc3c(N)c(C)sc23)nn1. The van der Waals surface area contributed by atoms with Crippen LogP contribution in [0.2, 0.25) is 0 Å². The maximum Gasteiger partial charge on any atom is 0.201 e. The number of aromatic nitrogens is 3. The molecule has 0 amide bonds. The second kappa shape index (κ2) is 3.53. The Balaban J connectivity index is 2.24. The Morgan fingerprint density at radius 3 is 2.76 bits per heavy atom. The summed E-state index contributed by atoms with van der Waals surface area (Å²) in [5.41, 5.74) is 9.47. The molecule has 0 saturated heterocycles. The van der Waals surface area contributed by atoms with Crippen LogP contribution >= 0.6 is 11.3 Å². The van der Waals surface area contributed by atoms with Gasteiger partial charge in [-0.3, -0.25) is 0 Å². The fourth-order valence-corrected chi connectivity index (χ4v) is 2.59. The molecule has 3 aromatic heterocycles. The van der Waals surface area contributed by atoms with E-state index >= 15 is 0 Å². The summed E-state index contributed by atoms with van der Waals surface area (Å²) in [6.45, 7) is 3.85. The predicted molar refractivity (Wildman–Crippen MR) is 66.8 cm³/mol. The van der Waals surface area contributed by atoms with Crippen LogP contribution in [0.1, 0.15) is 10.6 Å². The normalized spacial score (nSPS) is 11.2. The lowest BCUT2D eigenvalue weighted by molar-refractivity contribution is 0.460. The van der Waals surface area contributed by atoms with Crippen molar-refractivity contribution in [2.75, 3.05) is 5.73 Å². The molecular formula is C11H10N4OS. The van der Waals surface area contributed by atoms with Crippen LogP contribution in [0.25, 0.3) is 21.7 Å². The van der Waals surface area contributed by atoms with E-state index in [9.17, 15) is 0 Å². The molecule has 17 heavy (non-hydrogen) atoms. The fraction of sp³-hybridized carbons (Fsp3) is 0.182. The van der Waals surface area contributed by atoms with E-state index in [1.807, 2.05) is 26.0 Å². The molecule has 0 aliphatic carbocycles. The zero-order chi connectivity index (χ0) is 12.0. The van der Waals surface area contributed by atoms with E-state index in [0.717, 1.165) is 15.3 Å². The van der Waals surface area contributed by atoms with E-state index in [4.69, 9.17) is 10.3 Å². The molecule has 6 heteroatoms. The van der Waals surface area contributed by atoms with Crippen LogP contribution in [0, 0.1) is 13.8 Å². The Morgan fingerprint density at radius 2 is 2.06 bits per heavy atom. The van der Waals surface area contributed by atoms with Crippen molar-refractivity contribution in [3.8, 4) is 11.4 Å². The van der Waals surface area contributed by atoms with Crippen LogP contribution in [0.5, 0.6) is 0 Å². The number of hydrogen-bond acceptors (Lipinski definition) is 6. The van der Waals surface area contributed by atoms with Crippen molar-refractivity contribution in [3.05, 3.63) is 22.7 Å². The average Bonchev–Trinajstić information content (AvgIpc) is 2.83. The summed E-state index contributed by atoms with van der Waals surface area (Å²) in [6, 6.07) is 3.78. The zero-order valence-corrected chi connectivity index (χ0v) is 10.2. The van der Waals surface area contributed by atoms with Gasteiger partial charge in [-0.05, 0) is 26.0 Å². The first kappa shape index (κ1) is 10.2. The van der Waals surface area contributed by atoms with E-state index in [-0.39, 0.29) is 0 Å². The highest BCUT2D eigenvalue weighted by molar-refractivity contribution is 7.20. The van der Waals surface area contributed by atoms with Gasteiger partial charge in [0.05, 0.1) is 11.4 Å². The molecule has 0 aromatic carbocycles. The van der Waals surface area contributed by atoms with Gasteiger partial charge >= 0.3 is 0 Å². The average molecular weight is 246 g/mol. The Morgan fingerprint density at radius 1 is 1.24 bits per heavy atom. The van der Waals surface area contributed by atoms with Gasteiger partial charge in [-0.15, -0.1) is 16.4 Å². The molecule has 0 fully saturated rings. The van der Waals surface area contributed by atoms with Crippen molar-refractivity contribution in [1.29, 1.82) is 0 Å². The number of anilines is 1. The molecule has 0 unspecified atom stereocenters. The zero-order valence-electron chi connectivity index (χ0n) is 9.39. The minimum absolute atomic E-state index is 0.643. The first-order chi connectivity index (χ1) is 8.16. The molecule has 86 valence electrons. The number of hydrogen-bond donors (Lipinski definition) is 1. The third-order valence-electron chi connectivity index (χ3n) is 2.57. The number of nitrogens with zero attached hydrogens (tertiary/aromatic N) is 3. The highest BCUT2D eigenvalue weighted by Crippen LogP contribution is 2.38. The van der Waals surface area contributed by atoms with Gasteiger partial charge in [0.15, 0.2) is 5.69 Å². The third-order valence-corrected chi connectivity index (χ3v) is 3.68. The monoisotopic (exact) mass is 246 g/mol. The molecule has 0 saturated carbocycles. The molecular weight excluding hydrogens is 236 g/mol. The van der Waals surface area contributed by atoms with E-state index < -0.39 is 0 Å². The Kier molecular flexibility index (Phi) is 2.12. The fourth-order valence-electron chi connectivity index (χ4n) is 1.60. The van der Waals surface area contributed by atoms with E-state index in [2.05, 4.69) is 15.4 Å². The van der Waals surface area contributed by atoms with E-state index in [1.54, 1.807) is 11.3 Å². The number of fused-ring (bicyclic) bond motifs is 1. The molecule has 2 N–H and O–H groups in total. The summed E-state index contributed by atoms with van der Waals surface area (Å²) in [5.74, 6) is 0. The summed E-state index contributed by atoms with van der Waals surface area (Å²) < 4.78 is 6.18. The highest BCUT2D eigenvalue weighted by atomic mass is 32.1. The third kappa shape index (κ3) is 1.49. The van der Waals surface area contributed by atoms with E-state index in [0.29, 0.717) is 22.7 Å². The van der Waals surface area contributed by atoms with Crippen LogP contribution in [0.3, 0.4) is 0 Å². The molecule has 0 bridgehead atoms. The molecule has 0 radical (unpaired) electrons. The molecule has 3 aromatic rings. The van der Waals surface area contributed by atoms with Crippen LogP contribution < -0.4 is 5.73 Å². The van der Waals surface area contributed by atoms with Gasteiger partial charge in [0.1, 0.15) is 10.4 Å². The van der Waals surface area contributed by atoms with Gasteiger partial charge in [-0.2, -0.15) is 5.10 Å². The maximum absolute atomic E-state index is 5.89. The molecule has 3 heterocycles. The van der Waals surface area contributed by atoms with Gasteiger partial charge < -0.3 is 10.3 Å². The highest BCUT2D eigenvalue weighted by Gasteiger charge is 2.18. The summed E-state index contributed by atoms with van der Waals surface area (Å²) >= 11 is 1.56. The lowest BCUT2D eigenvalue weighted by atomic mass is 10.2. The molecule has 0 spiro atoms. The minimum atomic E-state index is 0.643. The van der Waals surface area contributed by atoms with Gasteiger partial charge in [0, 0.05) is 4.88 Å². The first-order valence-electron chi connectivity index (χ1n) is 5.12. The van der Waals surface area contributed by atoms with Crippen molar-refractivity contribution in [2.24, 2.45) is 0 Å². The Bertz CT molecular complexity index is 683. The van der Waals surface area contributed by atoms with Crippen molar-refractivity contribution in [1.82, 2.24) is 15.4 Å². The Labute approximate surface area is 101 Å². The number of nitrogen functional groups attached to an aromatic ring is 1. The van der Waals surface area contributed by atoms with Gasteiger partial charge in [-0.1, -0.05) is 5.16 Å². The van der Waals surface area contributed by atoms with Crippen molar-refractivity contribution >= 4 is 27.3 Å². The van der Waals surface area contributed by atoms with Gasteiger partial charge in [0.2, 0.25) is 5.58 Å². The summed E-state index contributed by atoms with van der Waals surface area (Å²) in [5, 5.41) is 12.1. The quantitative estimate of drug-likeness (QED) is 0.713. The summed E-state index contributed by atoms with van der Waals surface area (Å²) in [4.78, 5) is 1.03. The van der Waals surface area contributed by atoms with Gasteiger partial charge in [-0.25, -0.2) is 0 Å². The largest absolute Gasteiger partial charge is 0.395 e. The number of nitrogens with two attached hydrogens (primary N) is 1. The number of aryl methyl sites for hydroxylation is 2. The van der Waals surface area contributed by atoms with Crippen LogP contribution in [0.15, 0.2) is 16.7 Å². The minimum Gasteiger partial charge on any atom is -0.395 e. The van der Waals surface area contributed by atoms with E-state index in [1.165, 1.54) is 0 Å². The second-order valence-electron chi connectivity index (χ2n) is 3.82. The predicted octanol–water partition coefficient (Wildman–Crippen LogP) is 2.55. The Hall–Kier alpha value is -1.95. The summed E-state index contributed by atoms with van der Waals surface area (Å²) in [6.07, 6.45) is 0. The topological polar surface area (TPSA) is 77.8 Å². The van der Waals surface area contributed by atoms with Crippen molar-refractivity contribution in [2.45, 2.75) is 13.8 Å². The lowest BCUT2D eigenvalue weighted by Crippen LogP contribution is -1.89. The maximum atomic E-state index is 5.89. The molecule has 0 aliphatic heterocycles.